The molecule has 0 spiro atoms. The molecule has 0 bridgehead atoms. The summed E-state index contributed by atoms with van der Waals surface area (Å²) in [6, 6.07) is 9.75. The molecule has 0 radical (unpaired) electrons. The van der Waals surface area contributed by atoms with Crippen LogP contribution >= 0.6 is 22.6 Å². The number of carbonyl (C=O) groups excluding carboxylic acids is 1. The van der Waals surface area contributed by atoms with Crippen LogP contribution in [0.3, 0.4) is 0 Å². The van der Waals surface area contributed by atoms with E-state index >= 15 is 0 Å². The SMILES string of the molecule is CCCCCCCCOc1ccc(Oc2c(I)cc(C=O)cc2[N+](=O)[O-])cc1. The first-order valence-electron chi connectivity index (χ1n) is 9.39. The molecule has 6 nitrogen and oxygen atoms in total. The zero-order chi connectivity index (χ0) is 20.4. The van der Waals surface area contributed by atoms with Gasteiger partial charge in [-0.25, -0.2) is 0 Å². The van der Waals surface area contributed by atoms with E-state index in [0.29, 0.717) is 22.2 Å². The lowest BCUT2D eigenvalue weighted by Crippen LogP contribution is -1.99. The molecule has 0 aliphatic heterocycles. The summed E-state index contributed by atoms with van der Waals surface area (Å²) in [7, 11) is 0. The second-order valence-corrected chi connectivity index (χ2v) is 7.58. The Morgan fingerprint density at radius 3 is 2.32 bits per heavy atom. The number of aldehydes is 1. The molecule has 0 unspecified atom stereocenters. The lowest BCUT2D eigenvalue weighted by molar-refractivity contribution is -0.385. The van der Waals surface area contributed by atoms with Crippen LogP contribution in [0.25, 0.3) is 0 Å². The van der Waals surface area contributed by atoms with Crippen molar-refractivity contribution >= 4 is 34.6 Å². The first-order chi connectivity index (χ1) is 13.5. The molecule has 0 aliphatic rings. The molecule has 0 fully saturated rings. The maximum Gasteiger partial charge on any atom is 0.313 e. The first-order valence-corrected chi connectivity index (χ1v) is 10.5. The van der Waals surface area contributed by atoms with Gasteiger partial charge in [0.25, 0.3) is 0 Å². The van der Waals surface area contributed by atoms with Crippen molar-refractivity contribution in [2.24, 2.45) is 0 Å². The summed E-state index contributed by atoms with van der Waals surface area (Å²) in [5.41, 5.74) is -0.000656. The summed E-state index contributed by atoms with van der Waals surface area (Å²) in [6.07, 6.45) is 7.82. The lowest BCUT2D eigenvalue weighted by Gasteiger charge is -2.10. The van der Waals surface area contributed by atoms with E-state index in [4.69, 9.17) is 9.47 Å². The van der Waals surface area contributed by atoms with Gasteiger partial charge in [-0.15, -0.1) is 0 Å². The van der Waals surface area contributed by atoms with Gasteiger partial charge in [0.15, 0.2) is 0 Å². The van der Waals surface area contributed by atoms with Crippen LogP contribution in [0.4, 0.5) is 5.69 Å². The molecule has 2 aromatic carbocycles. The summed E-state index contributed by atoms with van der Waals surface area (Å²) in [6.45, 7) is 2.87. The van der Waals surface area contributed by atoms with Gasteiger partial charge in [-0.1, -0.05) is 39.0 Å². The minimum Gasteiger partial charge on any atom is -0.494 e. The third kappa shape index (κ3) is 6.78. The van der Waals surface area contributed by atoms with E-state index in [1.54, 1.807) is 30.3 Å². The van der Waals surface area contributed by atoms with Crippen LogP contribution in [0.5, 0.6) is 17.2 Å². The minimum atomic E-state index is -0.553. The van der Waals surface area contributed by atoms with Crippen molar-refractivity contribution in [2.45, 2.75) is 45.4 Å². The standard InChI is InChI=1S/C21H24INO5/c1-2-3-4-5-6-7-12-27-17-8-10-18(11-9-17)28-21-19(22)13-16(15-24)14-20(21)23(25)26/h8-11,13-15H,2-7,12H2,1H3. The van der Waals surface area contributed by atoms with E-state index in [0.717, 1.165) is 12.2 Å². The fourth-order valence-corrected chi connectivity index (χ4v) is 3.44. The molecule has 7 heteroatoms. The Bertz CT molecular complexity index is 792. The van der Waals surface area contributed by atoms with Gasteiger partial charge in [0, 0.05) is 11.6 Å². The molecule has 0 N–H and O–H groups in total. The number of hydrogen-bond acceptors (Lipinski definition) is 5. The average molecular weight is 497 g/mol. The molecule has 0 aromatic heterocycles. The molecule has 0 amide bonds. The number of nitrogens with zero attached hydrogens (tertiary/aromatic N) is 1. The van der Waals surface area contributed by atoms with Crippen LogP contribution in [-0.4, -0.2) is 17.8 Å². The zero-order valence-corrected chi connectivity index (χ0v) is 18.0. The number of unbranched alkanes of at least 4 members (excludes halogenated alkanes) is 5. The predicted molar refractivity (Wildman–Crippen MR) is 117 cm³/mol. The van der Waals surface area contributed by atoms with Crippen molar-refractivity contribution in [2.75, 3.05) is 6.61 Å². The van der Waals surface area contributed by atoms with Crippen molar-refractivity contribution in [3.8, 4) is 17.2 Å². The Labute approximate surface area is 178 Å². The van der Waals surface area contributed by atoms with Gasteiger partial charge in [-0.3, -0.25) is 14.9 Å². The van der Waals surface area contributed by atoms with Crippen LogP contribution in [0, 0.1) is 13.7 Å². The predicted octanol–water partition coefficient (Wildman–Crippen LogP) is 6.54. The highest BCUT2D eigenvalue weighted by atomic mass is 127. The van der Waals surface area contributed by atoms with Gasteiger partial charge in [0.2, 0.25) is 5.75 Å². The summed E-state index contributed by atoms with van der Waals surface area (Å²) < 4.78 is 11.9. The number of halogens is 1. The van der Waals surface area contributed by atoms with E-state index in [1.165, 1.54) is 38.2 Å². The molecular weight excluding hydrogens is 473 g/mol. The molecule has 2 aromatic rings. The zero-order valence-electron chi connectivity index (χ0n) is 15.9. The van der Waals surface area contributed by atoms with E-state index in [2.05, 4.69) is 6.92 Å². The fourth-order valence-electron chi connectivity index (χ4n) is 2.70. The van der Waals surface area contributed by atoms with Crippen molar-refractivity contribution in [3.63, 3.8) is 0 Å². The smallest absolute Gasteiger partial charge is 0.313 e. The number of carbonyl (C=O) groups is 1. The van der Waals surface area contributed by atoms with Gasteiger partial charge >= 0.3 is 5.69 Å². The van der Waals surface area contributed by atoms with E-state index < -0.39 is 4.92 Å². The molecule has 0 aliphatic carbocycles. The van der Waals surface area contributed by atoms with E-state index in [9.17, 15) is 14.9 Å². The van der Waals surface area contributed by atoms with Gasteiger partial charge in [-0.05, 0) is 59.3 Å². The van der Waals surface area contributed by atoms with Gasteiger partial charge in [0.05, 0.1) is 15.1 Å². The lowest BCUT2D eigenvalue weighted by atomic mass is 10.1. The summed E-state index contributed by atoms with van der Waals surface area (Å²) >= 11 is 1.92. The minimum absolute atomic E-state index is 0.122. The van der Waals surface area contributed by atoms with Crippen molar-refractivity contribution in [1.82, 2.24) is 0 Å². The number of hydrogen-bond donors (Lipinski definition) is 0. The molecule has 0 saturated heterocycles. The first kappa shape index (κ1) is 22.1. The summed E-state index contributed by atoms with van der Waals surface area (Å²) in [4.78, 5) is 21.7. The number of ether oxygens (including phenoxy) is 2. The molecule has 150 valence electrons. The highest BCUT2D eigenvalue weighted by Gasteiger charge is 2.21. The third-order valence-corrected chi connectivity index (χ3v) is 4.99. The highest BCUT2D eigenvalue weighted by molar-refractivity contribution is 14.1. The number of benzene rings is 2. The highest BCUT2D eigenvalue weighted by Crippen LogP contribution is 2.37. The van der Waals surface area contributed by atoms with E-state index in [-0.39, 0.29) is 17.0 Å². The Kier molecular flexibility index (Phi) is 9.19. The molecule has 0 atom stereocenters. The molecular formula is C21H24INO5. The van der Waals surface area contributed by atoms with Crippen LogP contribution in [0.15, 0.2) is 36.4 Å². The maximum atomic E-state index is 11.3. The Hall–Kier alpha value is -2.16. The largest absolute Gasteiger partial charge is 0.494 e. The van der Waals surface area contributed by atoms with Gasteiger partial charge in [0.1, 0.15) is 17.8 Å². The fraction of sp³-hybridized carbons (Fsp3) is 0.381. The Morgan fingerprint density at radius 2 is 1.68 bits per heavy atom. The third-order valence-electron chi connectivity index (χ3n) is 4.19. The maximum absolute atomic E-state index is 11.3. The van der Waals surface area contributed by atoms with Gasteiger partial charge < -0.3 is 9.47 Å². The van der Waals surface area contributed by atoms with Crippen molar-refractivity contribution < 1.29 is 19.2 Å². The van der Waals surface area contributed by atoms with Crippen LogP contribution in [-0.2, 0) is 0 Å². The molecule has 28 heavy (non-hydrogen) atoms. The number of nitro groups is 1. The second-order valence-electron chi connectivity index (χ2n) is 6.42. The molecule has 0 saturated carbocycles. The summed E-state index contributed by atoms with van der Waals surface area (Å²) in [5.74, 6) is 1.32. The van der Waals surface area contributed by atoms with Crippen LogP contribution < -0.4 is 9.47 Å². The van der Waals surface area contributed by atoms with Crippen molar-refractivity contribution in [3.05, 3.63) is 55.6 Å². The number of rotatable bonds is 12. The molecule has 0 heterocycles. The second kappa shape index (κ2) is 11.6. The van der Waals surface area contributed by atoms with Crippen molar-refractivity contribution in [1.29, 1.82) is 0 Å². The summed E-state index contributed by atoms with van der Waals surface area (Å²) in [5, 5.41) is 11.3. The topological polar surface area (TPSA) is 78.7 Å². The van der Waals surface area contributed by atoms with Crippen LogP contribution in [0.1, 0.15) is 55.8 Å². The monoisotopic (exact) mass is 497 g/mol. The van der Waals surface area contributed by atoms with E-state index in [1.807, 2.05) is 22.6 Å². The van der Waals surface area contributed by atoms with Gasteiger partial charge in [-0.2, -0.15) is 0 Å². The normalized spacial score (nSPS) is 10.5. The van der Waals surface area contributed by atoms with Crippen LogP contribution in [0.2, 0.25) is 0 Å². The average Bonchev–Trinajstić information content (AvgIpc) is 2.69. The molecule has 2 rings (SSSR count). The quantitative estimate of drug-likeness (QED) is 0.109. The number of nitro benzene ring substituents is 1. The Morgan fingerprint density at radius 1 is 1.04 bits per heavy atom. The Balaban J connectivity index is 1.94.